The van der Waals surface area contributed by atoms with E-state index in [4.69, 9.17) is 9.47 Å². The van der Waals surface area contributed by atoms with E-state index in [1.807, 2.05) is 0 Å². The van der Waals surface area contributed by atoms with Crippen LogP contribution in [0.2, 0.25) is 0 Å². The summed E-state index contributed by atoms with van der Waals surface area (Å²) in [4.78, 5) is 0. The minimum Gasteiger partial charge on any atom is -0.348 e. The second kappa shape index (κ2) is 5.92. The summed E-state index contributed by atoms with van der Waals surface area (Å²) in [7, 11) is 0. The van der Waals surface area contributed by atoms with E-state index in [9.17, 15) is 0 Å². The Morgan fingerprint density at radius 3 is 2.63 bits per heavy atom. The minimum atomic E-state index is -0.242. The van der Waals surface area contributed by atoms with E-state index in [1.54, 1.807) is 0 Å². The van der Waals surface area contributed by atoms with Gasteiger partial charge < -0.3 is 14.8 Å². The summed E-state index contributed by atoms with van der Waals surface area (Å²) in [6.45, 7) is 2.45. The van der Waals surface area contributed by atoms with Crippen LogP contribution >= 0.6 is 15.9 Å². The largest absolute Gasteiger partial charge is 0.348 e. The Balaban J connectivity index is 1.47. The number of nitrogens with one attached hydrogen (secondary N) is 1. The van der Waals surface area contributed by atoms with Crippen LogP contribution in [0.25, 0.3) is 0 Å². The summed E-state index contributed by atoms with van der Waals surface area (Å²) in [6, 6.07) is 9.04. The van der Waals surface area contributed by atoms with E-state index < -0.39 is 0 Å². The summed E-state index contributed by atoms with van der Waals surface area (Å²) < 4.78 is 12.6. The van der Waals surface area contributed by atoms with Crippen LogP contribution in [0, 0.1) is 0 Å². The fourth-order valence-corrected chi connectivity index (χ4v) is 3.40. The van der Waals surface area contributed by atoms with Crippen molar-refractivity contribution in [2.45, 2.75) is 44.1 Å². The van der Waals surface area contributed by atoms with Crippen molar-refractivity contribution in [3.05, 3.63) is 34.3 Å². The monoisotopic (exact) mass is 325 g/mol. The molecule has 1 heterocycles. The molecule has 1 aliphatic carbocycles. The third kappa shape index (κ3) is 3.37. The highest BCUT2D eigenvalue weighted by Gasteiger charge is 2.40. The summed E-state index contributed by atoms with van der Waals surface area (Å²) >= 11 is 3.51. The number of halogens is 1. The number of ether oxygens (including phenoxy) is 2. The van der Waals surface area contributed by atoms with Gasteiger partial charge >= 0.3 is 0 Å². The minimum absolute atomic E-state index is 0.242. The SMILES string of the molecule is Brc1cccc(CNC2CCC3(CC2)OCCO3)c1. The second-order valence-corrected chi connectivity index (χ2v) is 6.31. The summed E-state index contributed by atoms with van der Waals surface area (Å²) in [6.07, 6.45) is 4.30. The summed E-state index contributed by atoms with van der Waals surface area (Å²) in [5.41, 5.74) is 1.32. The molecule has 1 N–H and O–H groups in total. The molecule has 4 heteroatoms. The van der Waals surface area contributed by atoms with Crippen LogP contribution in [0.5, 0.6) is 0 Å². The van der Waals surface area contributed by atoms with E-state index in [0.29, 0.717) is 6.04 Å². The van der Waals surface area contributed by atoms with Gasteiger partial charge in [0, 0.05) is 29.9 Å². The lowest BCUT2D eigenvalue weighted by atomic mass is 9.90. The molecule has 104 valence electrons. The molecule has 1 aromatic rings. The number of rotatable bonds is 3. The highest BCUT2D eigenvalue weighted by molar-refractivity contribution is 9.10. The van der Waals surface area contributed by atoms with Gasteiger partial charge in [-0.25, -0.2) is 0 Å². The van der Waals surface area contributed by atoms with Crippen LogP contribution in [-0.2, 0) is 16.0 Å². The standard InChI is InChI=1S/C15H20BrNO2/c16-13-3-1-2-12(10-13)11-17-14-4-6-15(7-5-14)18-8-9-19-15/h1-3,10,14,17H,4-9,11H2. The average molecular weight is 326 g/mol. The molecule has 19 heavy (non-hydrogen) atoms. The summed E-state index contributed by atoms with van der Waals surface area (Å²) in [5.74, 6) is -0.242. The van der Waals surface area contributed by atoms with Crippen LogP contribution in [0.15, 0.2) is 28.7 Å². The molecule has 1 saturated carbocycles. The molecule has 1 aliphatic heterocycles. The Labute approximate surface area is 122 Å². The van der Waals surface area contributed by atoms with E-state index in [2.05, 4.69) is 45.5 Å². The molecule has 0 bridgehead atoms. The Hall–Kier alpha value is -0.420. The van der Waals surface area contributed by atoms with Crippen LogP contribution in [0.4, 0.5) is 0 Å². The maximum absolute atomic E-state index is 5.75. The van der Waals surface area contributed by atoms with Gasteiger partial charge in [0.2, 0.25) is 0 Å². The highest BCUT2D eigenvalue weighted by atomic mass is 79.9. The predicted molar refractivity (Wildman–Crippen MR) is 77.9 cm³/mol. The van der Waals surface area contributed by atoms with Gasteiger partial charge in [-0.05, 0) is 30.5 Å². The highest BCUT2D eigenvalue weighted by Crippen LogP contribution is 2.35. The molecule has 3 rings (SSSR count). The van der Waals surface area contributed by atoms with E-state index in [1.165, 1.54) is 5.56 Å². The van der Waals surface area contributed by atoms with Crippen molar-refractivity contribution in [3.63, 3.8) is 0 Å². The Morgan fingerprint density at radius 2 is 1.95 bits per heavy atom. The van der Waals surface area contributed by atoms with Gasteiger partial charge in [-0.2, -0.15) is 0 Å². The zero-order valence-electron chi connectivity index (χ0n) is 11.0. The second-order valence-electron chi connectivity index (χ2n) is 5.39. The van der Waals surface area contributed by atoms with Crippen LogP contribution in [0.1, 0.15) is 31.2 Å². The Kier molecular flexibility index (Phi) is 4.22. The molecule has 1 spiro atoms. The molecule has 0 radical (unpaired) electrons. The molecule has 1 aromatic carbocycles. The third-order valence-corrected chi connectivity index (χ3v) is 4.54. The van der Waals surface area contributed by atoms with E-state index >= 15 is 0 Å². The fraction of sp³-hybridized carbons (Fsp3) is 0.600. The number of hydrogen-bond acceptors (Lipinski definition) is 3. The quantitative estimate of drug-likeness (QED) is 0.925. The van der Waals surface area contributed by atoms with E-state index in [-0.39, 0.29) is 5.79 Å². The maximum Gasteiger partial charge on any atom is 0.168 e. The molecule has 0 amide bonds. The van der Waals surface area contributed by atoms with Crippen molar-refractivity contribution in [2.24, 2.45) is 0 Å². The first-order chi connectivity index (χ1) is 9.26. The molecule has 2 aliphatic rings. The molecule has 1 saturated heterocycles. The molecule has 2 fully saturated rings. The van der Waals surface area contributed by atoms with Crippen LogP contribution in [-0.4, -0.2) is 25.0 Å². The number of benzene rings is 1. The predicted octanol–water partition coefficient (Wildman–Crippen LogP) is 3.22. The Bertz CT molecular complexity index is 422. The van der Waals surface area contributed by atoms with Gasteiger partial charge in [-0.3, -0.25) is 0 Å². The van der Waals surface area contributed by atoms with Gasteiger partial charge in [-0.15, -0.1) is 0 Å². The zero-order valence-corrected chi connectivity index (χ0v) is 12.6. The smallest absolute Gasteiger partial charge is 0.168 e. The van der Waals surface area contributed by atoms with Crippen LogP contribution < -0.4 is 5.32 Å². The third-order valence-electron chi connectivity index (χ3n) is 4.04. The normalized spacial score (nSPS) is 23.0. The number of hydrogen-bond donors (Lipinski definition) is 1. The van der Waals surface area contributed by atoms with Crippen molar-refractivity contribution in [3.8, 4) is 0 Å². The lowest BCUT2D eigenvalue weighted by Gasteiger charge is -2.35. The average Bonchev–Trinajstić information content (AvgIpc) is 2.87. The molecular weight excluding hydrogens is 306 g/mol. The van der Waals surface area contributed by atoms with Crippen molar-refractivity contribution < 1.29 is 9.47 Å². The van der Waals surface area contributed by atoms with Gasteiger partial charge in [-0.1, -0.05) is 28.1 Å². The molecular formula is C15H20BrNO2. The zero-order chi connectivity index (χ0) is 13.1. The van der Waals surface area contributed by atoms with Crippen molar-refractivity contribution in [1.82, 2.24) is 5.32 Å². The first-order valence-electron chi connectivity index (χ1n) is 7.02. The molecule has 0 aromatic heterocycles. The lowest BCUT2D eigenvalue weighted by molar-refractivity contribution is -0.179. The fourth-order valence-electron chi connectivity index (χ4n) is 2.96. The first-order valence-corrected chi connectivity index (χ1v) is 7.81. The van der Waals surface area contributed by atoms with Crippen molar-refractivity contribution in [2.75, 3.05) is 13.2 Å². The van der Waals surface area contributed by atoms with Gasteiger partial charge in [0.25, 0.3) is 0 Å². The van der Waals surface area contributed by atoms with Gasteiger partial charge in [0.1, 0.15) is 0 Å². The topological polar surface area (TPSA) is 30.5 Å². The van der Waals surface area contributed by atoms with Crippen molar-refractivity contribution >= 4 is 15.9 Å². The van der Waals surface area contributed by atoms with Gasteiger partial charge in [0.05, 0.1) is 13.2 Å². The van der Waals surface area contributed by atoms with Crippen molar-refractivity contribution in [1.29, 1.82) is 0 Å². The van der Waals surface area contributed by atoms with E-state index in [0.717, 1.165) is 49.9 Å². The lowest BCUT2D eigenvalue weighted by Crippen LogP contribution is -2.41. The first kappa shape index (κ1) is 13.6. The molecule has 0 atom stereocenters. The van der Waals surface area contributed by atoms with Gasteiger partial charge in [0.15, 0.2) is 5.79 Å². The Morgan fingerprint density at radius 1 is 1.21 bits per heavy atom. The molecule has 0 unspecified atom stereocenters. The molecule has 3 nitrogen and oxygen atoms in total. The van der Waals surface area contributed by atoms with Crippen LogP contribution in [0.3, 0.4) is 0 Å². The maximum atomic E-state index is 5.75. The summed E-state index contributed by atoms with van der Waals surface area (Å²) in [5, 5.41) is 3.64.